The van der Waals surface area contributed by atoms with Crippen molar-refractivity contribution in [3.05, 3.63) is 104 Å². The molecule has 2 aromatic rings. The molecule has 0 saturated carbocycles. The highest BCUT2D eigenvalue weighted by molar-refractivity contribution is 7.98. The Morgan fingerprint density at radius 2 is 1.81 bits per heavy atom. The lowest BCUT2D eigenvalue weighted by atomic mass is 9.82. The third-order valence-electron chi connectivity index (χ3n) is 7.68. The SMILES string of the molecule is [2H]C1=C(C2=C([2H])C([2H])=C(C(F)(F)F)C(C)C2[2H])C([2H])C([2H])C(C([2H])([2H])N(CCN(C([2H])([2H])C)C([2H])([2H])C)C(=O)Cn2c(SCc3c([2H])c([2H])c(F)c([2H])c3[2H])nc(=O)c3c2CCC3)=C1[2H]. The summed E-state index contributed by atoms with van der Waals surface area (Å²) in [6.07, 6.45) is -10.7. The van der Waals surface area contributed by atoms with Crippen molar-refractivity contribution in [2.45, 2.75) is 82.9 Å². The van der Waals surface area contributed by atoms with Gasteiger partial charge in [-0.1, -0.05) is 74.4 Å². The third-order valence-corrected chi connectivity index (χ3v) is 8.68. The fourth-order valence-electron chi connectivity index (χ4n) is 5.25. The summed E-state index contributed by atoms with van der Waals surface area (Å²) >= 11 is 0.675. The van der Waals surface area contributed by atoms with Crippen LogP contribution in [0.15, 0.2) is 80.6 Å². The van der Waals surface area contributed by atoms with E-state index in [0.29, 0.717) is 28.0 Å². The molecular weight excluding hydrogens is 640 g/mol. The van der Waals surface area contributed by atoms with Gasteiger partial charge >= 0.3 is 6.18 Å². The lowest BCUT2D eigenvalue weighted by Crippen LogP contribution is -2.42. The number of likely N-dealkylation sites (N-methyl/N-ethyl adjacent to an activating group) is 1. The highest BCUT2D eigenvalue weighted by atomic mass is 32.2. The zero-order valence-corrected chi connectivity index (χ0v) is 27.1. The Morgan fingerprint density at radius 1 is 1.08 bits per heavy atom. The summed E-state index contributed by atoms with van der Waals surface area (Å²) in [5, 5.41) is -0.228. The van der Waals surface area contributed by atoms with Crippen LogP contribution in [0.5, 0.6) is 0 Å². The van der Waals surface area contributed by atoms with Gasteiger partial charge in [0.1, 0.15) is 12.4 Å². The number of hydrogen-bond donors (Lipinski definition) is 0. The summed E-state index contributed by atoms with van der Waals surface area (Å²) in [4.78, 5) is 33.2. The van der Waals surface area contributed by atoms with Gasteiger partial charge in [0.2, 0.25) is 5.91 Å². The Labute approximate surface area is 308 Å². The van der Waals surface area contributed by atoms with Gasteiger partial charge in [0.15, 0.2) is 5.16 Å². The van der Waals surface area contributed by atoms with E-state index in [0.717, 1.165) is 20.8 Å². The van der Waals surface area contributed by atoms with E-state index in [2.05, 4.69) is 4.98 Å². The van der Waals surface area contributed by atoms with Gasteiger partial charge in [-0.2, -0.15) is 18.2 Å². The lowest BCUT2D eigenvalue weighted by molar-refractivity contribution is -0.131. The predicted molar refractivity (Wildman–Crippen MR) is 182 cm³/mol. The fourth-order valence-corrected chi connectivity index (χ4v) is 6.15. The van der Waals surface area contributed by atoms with Crippen LogP contribution >= 0.6 is 11.8 Å². The molecule has 5 rings (SSSR count). The Bertz CT molecular complexity index is 2440. The Balaban J connectivity index is 1.67. The van der Waals surface area contributed by atoms with Gasteiger partial charge in [-0.3, -0.25) is 9.59 Å². The van der Waals surface area contributed by atoms with Gasteiger partial charge in [-0.25, -0.2) is 4.39 Å². The number of hydrogen-bond acceptors (Lipinski definition) is 5. The van der Waals surface area contributed by atoms with Crippen molar-refractivity contribution in [1.29, 1.82) is 0 Å². The Kier molecular flexibility index (Phi) is 6.49. The van der Waals surface area contributed by atoms with Gasteiger partial charge in [0.25, 0.3) is 5.56 Å². The first-order valence-electron chi connectivity index (χ1n) is 23.7. The van der Waals surface area contributed by atoms with Crippen molar-refractivity contribution in [3.63, 3.8) is 0 Å². The van der Waals surface area contributed by atoms with Crippen molar-refractivity contribution in [2.75, 3.05) is 32.6 Å². The monoisotopic (exact) mass is 701 g/mol. The maximum Gasteiger partial charge on any atom is 0.412 e. The number of nitrogens with zero attached hydrogens (tertiary/aromatic N) is 4. The number of rotatable bonds is 13. The van der Waals surface area contributed by atoms with E-state index in [4.69, 9.17) is 20.6 Å². The molecule has 4 unspecified atom stereocenters. The number of fused-ring (bicyclic) bond motifs is 1. The topological polar surface area (TPSA) is 58.4 Å². The molecule has 11 heteroatoms. The molecule has 0 aliphatic heterocycles. The van der Waals surface area contributed by atoms with Gasteiger partial charge in [0.05, 0.1) is 13.7 Å². The van der Waals surface area contributed by atoms with E-state index >= 15 is 0 Å². The summed E-state index contributed by atoms with van der Waals surface area (Å²) in [6.45, 7) is -7.83. The molecule has 6 nitrogen and oxygen atoms in total. The van der Waals surface area contributed by atoms with Crippen molar-refractivity contribution in [3.8, 4) is 0 Å². The Morgan fingerprint density at radius 3 is 2.52 bits per heavy atom. The largest absolute Gasteiger partial charge is 0.412 e. The minimum Gasteiger partial charge on any atom is -0.336 e. The van der Waals surface area contributed by atoms with Crippen LogP contribution in [0.25, 0.3) is 0 Å². The molecule has 0 fully saturated rings. The lowest BCUT2D eigenvalue weighted by Gasteiger charge is -2.30. The molecule has 0 radical (unpaired) electrons. The minimum atomic E-state index is -5.12. The van der Waals surface area contributed by atoms with E-state index in [-0.39, 0.29) is 34.8 Å². The molecular formula is C37H44F4N4O2S. The molecule has 258 valence electrons. The second-order valence-electron chi connectivity index (χ2n) is 10.8. The first-order valence-corrected chi connectivity index (χ1v) is 15.9. The van der Waals surface area contributed by atoms with Crippen LogP contribution in [-0.4, -0.2) is 64.0 Å². The number of alkyl halides is 3. The van der Waals surface area contributed by atoms with Crippen LogP contribution < -0.4 is 5.56 Å². The normalized spacial score (nSPS) is 29.3. The number of amides is 1. The molecule has 0 N–H and O–H groups in total. The van der Waals surface area contributed by atoms with Crippen LogP contribution in [-0.2, 0) is 29.9 Å². The number of halogens is 4. The van der Waals surface area contributed by atoms with Crippen molar-refractivity contribution in [1.82, 2.24) is 19.4 Å². The predicted octanol–water partition coefficient (Wildman–Crippen LogP) is 7.44. The van der Waals surface area contributed by atoms with E-state index in [1.807, 2.05) is 0 Å². The summed E-state index contributed by atoms with van der Waals surface area (Å²) in [5.74, 6) is -4.83. The molecule has 0 saturated heterocycles. The second-order valence-corrected chi connectivity index (χ2v) is 11.8. The number of benzene rings is 1. The second kappa shape index (κ2) is 15.8. The molecule has 1 heterocycles. The standard InChI is InChI=1S/C37H44F4N4O2S/c1-4-43(5-2)19-20-44(22-26-9-13-28(14-10-26)29-15-18-32(25(3)21-29)37(39,40)41)34(46)23-45-33-8-6-7-31(33)35(47)42-36(45)48-24-27-11-16-30(38)17-12-27/h9,11-13,15-18,25H,4-8,10,14,19-24H2,1-3H3/i4D2,5D2,9D,10D,11D,12D,13D,14D,15D,16D,17D,18D,21D,22D2. The van der Waals surface area contributed by atoms with E-state index in [1.54, 1.807) is 0 Å². The summed E-state index contributed by atoms with van der Waals surface area (Å²) < 4.78 is 203. The van der Waals surface area contributed by atoms with E-state index in [9.17, 15) is 29.9 Å². The van der Waals surface area contributed by atoms with Gasteiger partial charge in [-0.05, 0) is 86.2 Å². The van der Waals surface area contributed by atoms with Gasteiger partial charge < -0.3 is 14.4 Å². The smallest absolute Gasteiger partial charge is 0.336 e. The highest BCUT2D eigenvalue weighted by Gasteiger charge is 2.38. The molecule has 1 aromatic carbocycles. The molecule has 0 spiro atoms. The third kappa shape index (κ3) is 8.77. The molecule has 1 aromatic heterocycles. The Hall–Kier alpha value is -3.44. The van der Waals surface area contributed by atoms with Crippen LogP contribution in [0.1, 0.15) is 86.5 Å². The summed E-state index contributed by atoms with van der Waals surface area (Å²) in [7, 11) is 0. The first kappa shape index (κ1) is 19.7. The van der Waals surface area contributed by atoms with Crippen LogP contribution in [0, 0.1) is 11.7 Å². The number of thioether (sulfide) groups is 1. The molecule has 4 atom stereocenters. The van der Waals surface area contributed by atoms with Gasteiger partial charge in [0, 0.05) is 51.8 Å². The van der Waals surface area contributed by atoms with Gasteiger partial charge in [-0.15, -0.1) is 0 Å². The molecule has 1 amide bonds. The number of aromatic nitrogens is 2. The van der Waals surface area contributed by atoms with Crippen molar-refractivity contribution < 1.29 is 45.7 Å². The van der Waals surface area contributed by atoms with E-state index < -0.39 is 164 Å². The highest BCUT2D eigenvalue weighted by Crippen LogP contribution is 2.40. The molecule has 3 aliphatic carbocycles. The van der Waals surface area contributed by atoms with Crippen LogP contribution in [0.3, 0.4) is 0 Å². The number of carbonyl (C=O) groups excluding carboxylic acids is 1. The average molecular weight is 702 g/mol. The molecule has 3 aliphatic rings. The van der Waals surface area contributed by atoms with Crippen molar-refractivity contribution >= 4 is 17.7 Å². The first-order chi connectivity index (χ1) is 29.7. The maximum absolute atomic E-state index is 14.8. The number of carbonyl (C=O) groups is 1. The van der Waals surface area contributed by atoms with Crippen molar-refractivity contribution in [2.24, 2.45) is 5.92 Å². The minimum absolute atomic E-state index is 0.189. The quantitative estimate of drug-likeness (QED) is 0.124. The average Bonchev–Trinajstić information content (AvgIpc) is 3.68. The van der Waals surface area contributed by atoms with Crippen LogP contribution in [0.2, 0.25) is 0 Å². The molecule has 0 bridgehead atoms. The zero-order valence-electron chi connectivity index (χ0n) is 43.3. The summed E-state index contributed by atoms with van der Waals surface area (Å²) in [5.41, 5.74) is -4.47. The number of allylic oxidation sites excluding steroid dienone is 7. The zero-order chi connectivity index (χ0) is 49.4. The van der Waals surface area contributed by atoms with E-state index in [1.165, 1.54) is 4.57 Å². The van der Waals surface area contributed by atoms with Crippen LogP contribution in [0.4, 0.5) is 17.6 Å². The summed E-state index contributed by atoms with van der Waals surface area (Å²) in [6, 6.07) is -8.08. The maximum atomic E-state index is 14.8. The fraction of sp³-hybridized carbons (Fsp3) is 0.486. The molecule has 48 heavy (non-hydrogen) atoms.